The van der Waals surface area contributed by atoms with Gasteiger partial charge in [0, 0.05) is 24.7 Å². The number of halogens is 2. The minimum atomic E-state index is -0.270. The fourth-order valence-electron chi connectivity index (χ4n) is 4.01. The fraction of sp³-hybridized carbons (Fsp3) is 0.500. The molecule has 0 spiro atoms. The van der Waals surface area contributed by atoms with Crippen molar-refractivity contribution >= 4 is 18.4 Å². The van der Waals surface area contributed by atoms with Crippen molar-refractivity contribution in [3.8, 4) is 5.75 Å². The normalized spacial score (nSPS) is 17.2. The van der Waals surface area contributed by atoms with Gasteiger partial charge in [-0.05, 0) is 74.5 Å². The molecule has 0 aromatic heterocycles. The highest BCUT2D eigenvalue weighted by Crippen LogP contribution is 2.25. The lowest BCUT2D eigenvalue weighted by Crippen LogP contribution is -2.55. The third-order valence-corrected chi connectivity index (χ3v) is 5.75. The van der Waals surface area contributed by atoms with Gasteiger partial charge in [-0.25, -0.2) is 9.18 Å². The van der Waals surface area contributed by atoms with Crippen LogP contribution in [0.15, 0.2) is 48.5 Å². The Morgan fingerprint density at radius 1 is 1.15 bits per heavy atom. The predicted molar refractivity (Wildman–Crippen MR) is 133 cm³/mol. The van der Waals surface area contributed by atoms with Crippen LogP contribution in [-0.4, -0.2) is 35.7 Å². The van der Waals surface area contributed by atoms with Crippen molar-refractivity contribution in [2.45, 2.75) is 65.2 Å². The van der Waals surface area contributed by atoms with Crippen molar-refractivity contribution in [3.05, 3.63) is 65.5 Å². The second kappa shape index (κ2) is 12.2. The molecule has 7 heteroatoms. The van der Waals surface area contributed by atoms with Gasteiger partial charge >= 0.3 is 6.03 Å². The van der Waals surface area contributed by atoms with Crippen molar-refractivity contribution in [1.82, 2.24) is 15.5 Å². The van der Waals surface area contributed by atoms with E-state index >= 15 is 0 Å². The first kappa shape index (κ1) is 26.9. The van der Waals surface area contributed by atoms with E-state index in [0.717, 1.165) is 36.3 Å². The van der Waals surface area contributed by atoms with E-state index in [1.54, 1.807) is 12.1 Å². The molecule has 0 bridgehead atoms. The Morgan fingerprint density at radius 3 is 2.39 bits per heavy atom. The van der Waals surface area contributed by atoms with Crippen molar-refractivity contribution in [2.24, 2.45) is 5.92 Å². The molecular formula is C26H37ClFN3O2. The summed E-state index contributed by atoms with van der Waals surface area (Å²) in [4.78, 5) is 15.1. The molecule has 2 aromatic rings. The minimum absolute atomic E-state index is 0. The maximum atomic E-state index is 13.4. The molecule has 0 saturated carbocycles. The summed E-state index contributed by atoms with van der Waals surface area (Å²) < 4.78 is 19.1. The van der Waals surface area contributed by atoms with Gasteiger partial charge in [0.1, 0.15) is 11.6 Å². The first-order valence-corrected chi connectivity index (χ1v) is 11.5. The minimum Gasteiger partial charge on any atom is -0.493 e. The molecule has 1 aliphatic rings. The van der Waals surface area contributed by atoms with E-state index in [1.165, 1.54) is 12.1 Å². The van der Waals surface area contributed by atoms with E-state index in [-0.39, 0.29) is 35.8 Å². The monoisotopic (exact) mass is 477 g/mol. The molecule has 1 fully saturated rings. The molecule has 5 nitrogen and oxygen atoms in total. The highest BCUT2D eigenvalue weighted by Gasteiger charge is 2.33. The van der Waals surface area contributed by atoms with Crippen LogP contribution in [0.5, 0.6) is 5.75 Å². The van der Waals surface area contributed by atoms with Crippen molar-refractivity contribution in [3.63, 3.8) is 0 Å². The topological polar surface area (TPSA) is 53.6 Å². The first-order valence-electron chi connectivity index (χ1n) is 11.5. The predicted octanol–water partition coefficient (Wildman–Crippen LogP) is 5.52. The molecule has 1 atom stereocenters. The zero-order valence-electron chi connectivity index (χ0n) is 20.1. The van der Waals surface area contributed by atoms with Gasteiger partial charge in [0.2, 0.25) is 0 Å². The van der Waals surface area contributed by atoms with Gasteiger partial charge in [0.15, 0.2) is 0 Å². The lowest BCUT2D eigenvalue weighted by Gasteiger charge is -2.42. The lowest BCUT2D eigenvalue weighted by atomic mass is 9.88. The van der Waals surface area contributed by atoms with Gasteiger partial charge in [0.05, 0.1) is 6.61 Å². The Labute approximate surface area is 203 Å². The molecule has 0 unspecified atom stereocenters. The summed E-state index contributed by atoms with van der Waals surface area (Å²) in [5.74, 6) is 1.04. The standard InChI is InChI=1S/C26H36FN3O2.ClH/c1-19(2)18-32-24-11-7-20(8-12-24)16-28-25(31)30(17-21-5-9-22(27)10-6-21)23-13-14-29-26(3,4)15-23;/h5-12,19,23,29H,13-18H2,1-4H3,(H,28,31);1H/t23-;/m0./s1. The maximum absolute atomic E-state index is 13.4. The number of urea groups is 1. The summed E-state index contributed by atoms with van der Waals surface area (Å²) in [7, 11) is 0. The van der Waals surface area contributed by atoms with Gasteiger partial charge in [-0.2, -0.15) is 0 Å². The third-order valence-electron chi connectivity index (χ3n) is 5.75. The molecule has 0 radical (unpaired) electrons. The quantitative estimate of drug-likeness (QED) is 0.526. The van der Waals surface area contributed by atoms with Crippen LogP contribution in [-0.2, 0) is 13.1 Å². The van der Waals surface area contributed by atoms with E-state index in [9.17, 15) is 9.18 Å². The van der Waals surface area contributed by atoms with E-state index in [2.05, 4.69) is 38.3 Å². The van der Waals surface area contributed by atoms with Gasteiger partial charge in [-0.15, -0.1) is 12.4 Å². The smallest absolute Gasteiger partial charge is 0.318 e. The molecule has 1 aliphatic heterocycles. The van der Waals surface area contributed by atoms with Crippen LogP contribution in [0, 0.1) is 11.7 Å². The molecule has 182 valence electrons. The molecule has 3 rings (SSSR count). The van der Waals surface area contributed by atoms with Gasteiger partial charge < -0.3 is 20.3 Å². The summed E-state index contributed by atoms with van der Waals surface area (Å²) in [6, 6.07) is 14.2. The first-order chi connectivity index (χ1) is 15.2. The average molecular weight is 478 g/mol. The molecule has 0 aliphatic carbocycles. The number of piperidine rings is 1. The van der Waals surface area contributed by atoms with Crippen molar-refractivity contribution < 1.29 is 13.9 Å². The number of rotatable bonds is 8. The number of amides is 2. The summed E-state index contributed by atoms with van der Waals surface area (Å²) >= 11 is 0. The number of carbonyl (C=O) groups is 1. The van der Waals surface area contributed by atoms with Gasteiger partial charge in [-0.1, -0.05) is 38.1 Å². The zero-order chi connectivity index (χ0) is 23.1. The number of benzene rings is 2. The van der Waals surface area contributed by atoms with E-state index in [4.69, 9.17) is 4.74 Å². The zero-order valence-corrected chi connectivity index (χ0v) is 20.9. The Hall–Kier alpha value is -2.31. The number of carbonyl (C=O) groups excluding carboxylic acids is 1. The summed E-state index contributed by atoms with van der Waals surface area (Å²) in [5.41, 5.74) is 1.91. The number of hydrogen-bond donors (Lipinski definition) is 2. The number of ether oxygens (including phenoxy) is 1. The van der Waals surface area contributed by atoms with Crippen LogP contribution < -0.4 is 15.4 Å². The highest BCUT2D eigenvalue weighted by atomic mass is 35.5. The maximum Gasteiger partial charge on any atom is 0.318 e. The van der Waals surface area contributed by atoms with Crippen LogP contribution in [0.25, 0.3) is 0 Å². The molecule has 1 saturated heterocycles. The summed E-state index contributed by atoms with van der Waals surface area (Å²) in [6.07, 6.45) is 1.75. The van der Waals surface area contributed by atoms with Crippen LogP contribution in [0.3, 0.4) is 0 Å². The lowest BCUT2D eigenvalue weighted by molar-refractivity contribution is 0.126. The molecular weight excluding hydrogens is 441 g/mol. The average Bonchev–Trinajstić information content (AvgIpc) is 2.75. The second-order valence-corrected chi connectivity index (χ2v) is 9.72. The molecule has 2 N–H and O–H groups in total. The third kappa shape index (κ3) is 8.52. The SMILES string of the molecule is CC(C)COc1ccc(CNC(=O)N(Cc2ccc(F)cc2)[C@H]2CCNC(C)(C)C2)cc1.Cl. The number of nitrogens with zero attached hydrogens (tertiary/aromatic N) is 1. The van der Waals surface area contributed by atoms with Crippen molar-refractivity contribution in [1.29, 1.82) is 0 Å². The van der Waals surface area contributed by atoms with Crippen molar-refractivity contribution in [2.75, 3.05) is 13.2 Å². The number of nitrogens with one attached hydrogen (secondary N) is 2. The molecule has 1 heterocycles. The van der Waals surface area contributed by atoms with Crippen LogP contribution in [0.2, 0.25) is 0 Å². The Balaban J connectivity index is 0.00000385. The largest absolute Gasteiger partial charge is 0.493 e. The molecule has 33 heavy (non-hydrogen) atoms. The summed E-state index contributed by atoms with van der Waals surface area (Å²) in [6.45, 7) is 11.0. The molecule has 2 aromatic carbocycles. The fourth-order valence-corrected chi connectivity index (χ4v) is 4.01. The van der Waals surface area contributed by atoms with Crippen LogP contribution in [0.4, 0.5) is 9.18 Å². The Kier molecular flexibility index (Phi) is 9.99. The molecule has 2 amide bonds. The van der Waals surface area contributed by atoms with E-state index in [0.29, 0.717) is 25.6 Å². The second-order valence-electron chi connectivity index (χ2n) is 9.72. The van der Waals surface area contributed by atoms with Crippen LogP contribution in [0.1, 0.15) is 51.7 Å². The summed E-state index contributed by atoms with van der Waals surface area (Å²) in [5, 5.41) is 6.59. The van der Waals surface area contributed by atoms with Gasteiger partial charge in [0.25, 0.3) is 0 Å². The van der Waals surface area contributed by atoms with E-state index in [1.807, 2.05) is 29.2 Å². The van der Waals surface area contributed by atoms with Crippen LogP contribution >= 0.6 is 12.4 Å². The van der Waals surface area contributed by atoms with E-state index < -0.39 is 0 Å². The Bertz CT molecular complexity index is 872. The van der Waals surface area contributed by atoms with Gasteiger partial charge in [-0.3, -0.25) is 0 Å². The number of hydrogen-bond acceptors (Lipinski definition) is 3. The Morgan fingerprint density at radius 2 is 1.79 bits per heavy atom. The highest BCUT2D eigenvalue weighted by molar-refractivity contribution is 5.85.